The molecule has 1 amide bonds. The number of para-hydroxylation sites is 1. The number of nitrogens with zero attached hydrogens (tertiary/aromatic N) is 2. The van der Waals surface area contributed by atoms with Gasteiger partial charge in [0.2, 0.25) is 0 Å². The second-order valence-corrected chi connectivity index (χ2v) is 8.21. The molecule has 3 aromatic carbocycles. The number of halogens is 1. The number of nitrogens with one attached hydrogen (secondary N) is 1. The van der Waals surface area contributed by atoms with E-state index >= 15 is 0 Å². The van der Waals surface area contributed by atoms with Crippen LogP contribution in [0.1, 0.15) is 10.4 Å². The van der Waals surface area contributed by atoms with Crippen molar-refractivity contribution in [2.24, 2.45) is 0 Å². The Labute approximate surface area is 194 Å². The molecular formula is C27H18BrN3O. The molecule has 5 aromatic rings. The lowest BCUT2D eigenvalue weighted by Gasteiger charge is -2.14. The Balaban J connectivity index is 1.61. The van der Waals surface area contributed by atoms with Crippen molar-refractivity contribution in [1.82, 2.24) is 9.97 Å². The van der Waals surface area contributed by atoms with Crippen molar-refractivity contribution < 1.29 is 4.79 Å². The number of hydrogen-bond donors (Lipinski definition) is 1. The first-order valence-electron chi connectivity index (χ1n) is 10.2. The van der Waals surface area contributed by atoms with Gasteiger partial charge in [-0.15, -0.1) is 0 Å². The Kier molecular flexibility index (Phi) is 5.48. The molecule has 0 spiro atoms. The molecule has 2 heterocycles. The van der Waals surface area contributed by atoms with Crippen molar-refractivity contribution in [3.63, 3.8) is 0 Å². The van der Waals surface area contributed by atoms with Gasteiger partial charge in [-0.1, -0.05) is 70.5 Å². The summed E-state index contributed by atoms with van der Waals surface area (Å²) in [6, 6.07) is 31.0. The highest BCUT2D eigenvalue weighted by Crippen LogP contribution is 2.30. The zero-order valence-electron chi connectivity index (χ0n) is 17.0. The fourth-order valence-electron chi connectivity index (χ4n) is 3.68. The van der Waals surface area contributed by atoms with Gasteiger partial charge in [0.25, 0.3) is 5.91 Å². The Morgan fingerprint density at radius 2 is 1.56 bits per heavy atom. The predicted molar refractivity (Wildman–Crippen MR) is 133 cm³/mol. The van der Waals surface area contributed by atoms with E-state index in [1.165, 1.54) is 0 Å². The van der Waals surface area contributed by atoms with E-state index in [2.05, 4.69) is 26.2 Å². The van der Waals surface area contributed by atoms with Crippen LogP contribution in [0.15, 0.2) is 108 Å². The smallest absolute Gasteiger partial charge is 0.256 e. The van der Waals surface area contributed by atoms with Crippen LogP contribution in [0.25, 0.3) is 33.4 Å². The SMILES string of the molecule is O=C(Nc1ccccc1-c1ccccc1)c1cc(-c2ccccn2)nc2ccc(Br)cc12. The largest absolute Gasteiger partial charge is 0.321 e. The number of carbonyl (C=O) groups excluding carboxylic acids is 1. The third kappa shape index (κ3) is 4.03. The Hall–Kier alpha value is -3.83. The minimum Gasteiger partial charge on any atom is -0.321 e. The van der Waals surface area contributed by atoms with Gasteiger partial charge in [0, 0.05) is 27.3 Å². The molecule has 0 fully saturated rings. The van der Waals surface area contributed by atoms with Crippen molar-refractivity contribution >= 4 is 38.4 Å². The first-order valence-corrected chi connectivity index (χ1v) is 11.0. The number of amides is 1. The molecule has 0 unspecified atom stereocenters. The number of pyridine rings is 2. The number of fused-ring (bicyclic) bond motifs is 1. The standard InChI is InChI=1S/C27H18BrN3O/c28-19-13-14-24-21(16-19)22(17-26(30-24)25-12-6-7-15-29-25)27(32)31-23-11-5-4-10-20(23)18-8-2-1-3-9-18/h1-17H,(H,31,32). The van der Waals surface area contributed by atoms with Gasteiger partial charge >= 0.3 is 0 Å². The van der Waals surface area contributed by atoms with Crippen LogP contribution < -0.4 is 5.32 Å². The van der Waals surface area contributed by atoms with E-state index in [1.807, 2.05) is 91.0 Å². The number of benzene rings is 3. The Morgan fingerprint density at radius 3 is 2.38 bits per heavy atom. The fourth-order valence-corrected chi connectivity index (χ4v) is 4.04. The summed E-state index contributed by atoms with van der Waals surface area (Å²) in [5.74, 6) is -0.198. The van der Waals surface area contributed by atoms with Gasteiger partial charge in [0.15, 0.2) is 0 Å². The number of hydrogen-bond acceptors (Lipinski definition) is 3. The van der Waals surface area contributed by atoms with Crippen molar-refractivity contribution in [1.29, 1.82) is 0 Å². The van der Waals surface area contributed by atoms with Crippen molar-refractivity contribution in [2.45, 2.75) is 0 Å². The summed E-state index contributed by atoms with van der Waals surface area (Å²) < 4.78 is 0.885. The molecule has 0 saturated carbocycles. The summed E-state index contributed by atoms with van der Waals surface area (Å²) in [6.07, 6.45) is 1.72. The molecule has 0 bridgehead atoms. The molecule has 0 aliphatic heterocycles. The molecule has 0 saturated heterocycles. The van der Waals surface area contributed by atoms with Gasteiger partial charge in [-0.2, -0.15) is 0 Å². The molecule has 0 radical (unpaired) electrons. The zero-order chi connectivity index (χ0) is 21.9. The maximum absolute atomic E-state index is 13.5. The van der Waals surface area contributed by atoms with E-state index in [9.17, 15) is 4.79 Å². The van der Waals surface area contributed by atoms with E-state index in [1.54, 1.807) is 12.3 Å². The van der Waals surface area contributed by atoms with Crippen molar-refractivity contribution in [3.05, 3.63) is 113 Å². The van der Waals surface area contributed by atoms with Crippen LogP contribution in [-0.2, 0) is 0 Å². The summed E-state index contributed by atoms with van der Waals surface area (Å²) in [6.45, 7) is 0. The van der Waals surface area contributed by atoms with Crippen LogP contribution in [0, 0.1) is 0 Å². The third-order valence-electron chi connectivity index (χ3n) is 5.20. The molecule has 5 heteroatoms. The van der Waals surface area contributed by atoms with Crippen LogP contribution in [0.3, 0.4) is 0 Å². The highest BCUT2D eigenvalue weighted by molar-refractivity contribution is 9.10. The molecule has 0 aliphatic rings. The van der Waals surface area contributed by atoms with Crippen LogP contribution in [0.4, 0.5) is 5.69 Å². The van der Waals surface area contributed by atoms with Gasteiger partial charge in [-0.3, -0.25) is 9.78 Å². The minimum absolute atomic E-state index is 0.198. The lowest BCUT2D eigenvalue weighted by atomic mass is 10.0. The number of aromatic nitrogens is 2. The summed E-state index contributed by atoms with van der Waals surface area (Å²) in [4.78, 5) is 22.7. The summed E-state index contributed by atoms with van der Waals surface area (Å²) in [5, 5.41) is 3.89. The van der Waals surface area contributed by atoms with E-state index in [-0.39, 0.29) is 5.91 Å². The van der Waals surface area contributed by atoms with Gasteiger partial charge in [0.1, 0.15) is 0 Å². The molecule has 5 rings (SSSR count). The summed E-state index contributed by atoms with van der Waals surface area (Å²) in [5.41, 5.74) is 5.41. The first kappa shape index (κ1) is 20.1. The quantitative estimate of drug-likeness (QED) is 0.302. The molecule has 0 atom stereocenters. The predicted octanol–water partition coefficient (Wildman–Crippen LogP) is 6.98. The maximum Gasteiger partial charge on any atom is 0.256 e. The van der Waals surface area contributed by atoms with E-state index in [0.717, 1.165) is 37.9 Å². The third-order valence-corrected chi connectivity index (χ3v) is 5.70. The molecule has 0 aliphatic carbocycles. The molecule has 32 heavy (non-hydrogen) atoms. The lowest BCUT2D eigenvalue weighted by Crippen LogP contribution is -2.14. The maximum atomic E-state index is 13.5. The Morgan fingerprint density at radius 1 is 0.781 bits per heavy atom. The fraction of sp³-hybridized carbons (Fsp3) is 0. The average molecular weight is 480 g/mol. The molecule has 1 N–H and O–H groups in total. The monoisotopic (exact) mass is 479 g/mol. The summed E-state index contributed by atoms with van der Waals surface area (Å²) in [7, 11) is 0. The highest BCUT2D eigenvalue weighted by atomic mass is 79.9. The van der Waals surface area contributed by atoms with E-state index < -0.39 is 0 Å². The number of anilines is 1. The molecule has 154 valence electrons. The number of rotatable bonds is 4. The zero-order valence-corrected chi connectivity index (χ0v) is 18.6. The van der Waals surface area contributed by atoms with Gasteiger partial charge in [0.05, 0.1) is 22.5 Å². The van der Waals surface area contributed by atoms with Crippen molar-refractivity contribution in [2.75, 3.05) is 5.32 Å². The average Bonchev–Trinajstić information content (AvgIpc) is 2.85. The van der Waals surface area contributed by atoms with Crippen LogP contribution in [-0.4, -0.2) is 15.9 Å². The molecular weight excluding hydrogens is 462 g/mol. The van der Waals surface area contributed by atoms with Gasteiger partial charge < -0.3 is 5.32 Å². The highest BCUT2D eigenvalue weighted by Gasteiger charge is 2.16. The Bertz CT molecular complexity index is 1420. The normalized spacial score (nSPS) is 10.8. The summed E-state index contributed by atoms with van der Waals surface area (Å²) >= 11 is 3.52. The lowest BCUT2D eigenvalue weighted by molar-refractivity contribution is 0.102. The second kappa shape index (κ2) is 8.73. The van der Waals surface area contributed by atoms with Crippen LogP contribution in [0.2, 0.25) is 0 Å². The van der Waals surface area contributed by atoms with E-state index in [0.29, 0.717) is 11.3 Å². The van der Waals surface area contributed by atoms with Gasteiger partial charge in [-0.25, -0.2) is 4.98 Å². The topological polar surface area (TPSA) is 54.9 Å². The second-order valence-electron chi connectivity index (χ2n) is 7.30. The minimum atomic E-state index is -0.198. The van der Waals surface area contributed by atoms with Crippen molar-refractivity contribution in [3.8, 4) is 22.5 Å². The molecule has 4 nitrogen and oxygen atoms in total. The molecule has 2 aromatic heterocycles. The van der Waals surface area contributed by atoms with Crippen LogP contribution >= 0.6 is 15.9 Å². The number of carbonyl (C=O) groups is 1. The van der Waals surface area contributed by atoms with E-state index in [4.69, 9.17) is 4.98 Å². The van der Waals surface area contributed by atoms with Crippen LogP contribution in [0.5, 0.6) is 0 Å². The van der Waals surface area contributed by atoms with Gasteiger partial charge in [-0.05, 0) is 48.0 Å². The first-order chi connectivity index (χ1) is 15.7.